The molecule has 0 radical (unpaired) electrons. The van der Waals surface area contributed by atoms with Crippen LogP contribution in [0.15, 0.2) is 83.0 Å². The van der Waals surface area contributed by atoms with Gasteiger partial charge in [-0.1, -0.05) is 18.2 Å². The van der Waals surface area contributed by atoms with Crippen molar-refractivity contribution in [1.82, 2.24) is 14.6 Å². The lowest BCUT2D eigenvalue weighted by Crippen LogP contribution is -2.20. The normalized spacial score (nSPS) is 11.1. The molecule has 0 aliphatic carbocycles. The Labute approximate surface area is 155 Å². The van der Waals surface area contributed by atoms with Gasteiger partial charge in [-0.3, -0.25) is 9.78 Å². The van der Waals surface area contributed by atoms with E-state index in [1.807, 2.05) is 54.6 Å². The monoisotopic (exact) mass is 356 g/mol. The van der Waals surface area contributed by atoms with Crippen LogP contribution in [0.5, 0.6) is 5.75 Å². The molecule has 0 amide bonds. The van der Waals surface area contributed by atoms with E-state index < -0.39 is 0 Å². The van der Waals surface area contributed by atoms with Crippen LogP contribution < -0.4 is 10.3 Å². The lowest BCUT2D eigenvalue weighted by Gasteiger charge is -2.10. The molecule has 2 aromatic carbocycles. The number of aromatic nitrogens is 3. The second-order valence-corrected chi connectivity index (χ2v) is 5.83. The maximum atomic E-state index is 13.0. The van der Waals surface area contributed by atoms with Crippen LogP contribution >= 0.6 is 0 Å². The lowest BCUT2D eigenvalue weighted by atomic mass is 10.2. The van der Waals surface area contributed by atoms with Gasteiger partial charge in [-0.25, -0.2) is 4.98 Å². The van der Waals surface area contributed by atoms with E-state index in [0.717, 1.165) is 16.9 Å². The predicted octanol–water partition coefficient (Wildman–Crippen LogP) is 3.35. The molecule has 0 atom stereocenters. The van der Waals surface area contributed by atoms with Gasteiger partial charge in [0, 0.05) is 23.5 Å². The first-order chi connectivity index (χ1) is 13.3. The van der Waals surface area contributed by atoms with Gasteiger partial charge in [-0.05, 0) is 42.5 Å². The van der Waals surface area contributed by atoms with Gasteiger partial charge in [0.1, 0.15) is 5.75 Å². The molecule has 0 fully saturated rings. The molecule has 4 aromatic rings. The molecule has 4 rings (SSSR count). The van der Waals surface area contributed by atoms with Gasteiger partial charge in [-0.2, -0.15) is 9.78 Å². The molecule has 0 aliphatic heterocycles. The Kier molecular flexibility index (Phi) is 4.45. The summed E-state index contributed by atoms with van der Waals surface area (Å²) in [6.45, 7) is 0. The average Bonchev–Trinajstić information content (AvgIpc) is 2.74. The number of para-hydroxylation sites is 1. The second kappa shape index (κ2) is 7.21. The van der Waals surface area contributed by atoms with Crippen LogP contribution in [0, 0.1) is 0 Å². The van der Waals surface area contributed by atoms with E-state index in [0.29, 0.717) is 16.7 Å². The SMILES string of the molecule is COc1ccc(-c2nc3ccccc3c(=O)n2N=Cc2cccnc2)cc1. The van der Waals surface area contributed by atoms with E-state index in [2.05, 4.69) is 15.1 Å². The molecule has 0 bridgehead atoms. The van der Waals surface area contributed by atoms with E-state index >= 15 is 0 Å². The molecule has 0 saturated carbocycles. The number of fused-ring (bicyclic) bond motifs is 1. The van der Waals surface area contributed by atoms with Crippen molar-refractivity contribution in [3.05, 3.63) is 89.0 Å². The highest BCUT2D eigenvalue weighted by Crippen LogP contribution is 2.21. The fourth-order valence-corrected chi connectivity index (χ4v) is 2.73. The Balaban J connectivity index is 1.92. The molecule has 27 heavy (non-hydrogen) atoms. The van der Waals surface area contributed by atoms with Crippen molar-refractivity contribution in [1.29, 1.82) is 0 Å². The smallest absolute Gasteiger partial charge is 0.282 e. The zero-order valence-corrected chi connectivity index (χ0v) is 14.6. The Morgan fingerprint density at radius 3 is 2.59 bits per heavy atom. The van der Waals surface area contributed by atoms with Gasteiger partial charge in [0.25, 0.3) is 5.56 Å². The third kappa shape index (κ3) is 3.32. The highest BCUT2D eigenvalue weighted by molar-refractivity contribution is 5.81. The molecular weight excluding hydrogens is 340 g/mol. The highest BCUT2D eigenvalue weighted by Gasteiger charge is 2.12. The van der Waals surface area contributed by atoms with Crippen LogP contribution in [0.4, 0.5) is 0 Å². The summed E-state index contributed by atoms with van der Waals surface area (Å²) < 4.78 is 6.53. The molecule has 0 N–H and O–H groups in total. The summed E-state index contributed by atoms with van der Waals surface area (Å²) in [5.74, 6) is 1.19. The zero-order chi connectivity index (χ0) is 18.6. The zero-order valence-electron chi connectivity index (χ0n) is 14.6. The number of hydrogen-bond donors (Lipinski definition) is 0. The highest BCUT2D eigenvalue weighted by atomic mass is 16.5. The number of benzene rings is 2. The molecule has 6 nitrogen and oxygen atoms in total. The van der Waals surface area contributed by atoms with Crippen molar-refractivity contribution in [2.45, 2.75) is 0 Å². The van der Waals surface area contributed by atoms with Gasteiger partial charge < -0.3 is 4.74 Å². The average molecular weight is 356 g/mol. The maximum Gasteiger partial charge on any atom is 0.282 e. The van der Waals surface area contributed by atoms with Crippen molar-refractivity contribution in [3.63, 3.8) is 0 Å². The summed E-state index contributed by atoms with van der Waals surface area (Å²) in [6.07, 6.45) is 4.96. The number of methoxy groups -OCH3 is 1. The van der Waals surface area contributed by atoms with Crippen molar-refractivity contribution < 1.29 is 4.74 Å². The molecule has 0 spiro atoms. The van der Waals surface area contributed by atoms with Crippen LogP contribution in [-0.4, -0.2) is 28.0 Å². The first-order valence-corrected chi connectivity index (χ1v) is 8.37. The molecular formula is C21H16N4O2. The quantitative estimate of drug-likeness (QED) is 0.526. The predicted molar refractivity (Wildman–Crippen MR) is 105 cm³/mol. The minimum Gasteiger partial charge on any atom is -0.497 e. The van der Waals surface area contributed by atoms with Crippen LogP contribution in [0.3, 0.4) is 0 Å². The largest absolute Gasteiger partial charge is 0.497 e. The Hall–Kier alpha value is -3.80. The summed E-state index contributed by atoms with van der Waals surface area (Å²) in [6, 6.07) is 18.3. The fraction of sp³-hybridized carbons (Fsp3) is 0.0476. The Morgan fingerprint density at radius 1 is 1.04 bits per heavy atom. The standard InChI is InChI=1S/C21H16N4O2/c1-27-17-10-8-16(9-11-17)20-24-19-7-3-2-6-18(19)21(26)25(20)23-14-15-5-4-12-22-13-15/h2-14H,1H3. The minimum atomic E-state index is -0.230. The van der Waals surface area contributed by atoms with Crippen LogP contribution in [0.2, 0.25) is 0 Å². The van der Waals surface area contributed by atoms with Crippen molar-refractivity contribution in [2.75, 3.05) is 7.11 Å². The number of nitrogens with zero attached hydrogens (tertiary/aromatic N) is 4. The van der Waals surface area contributed by atoms with Gasteiger partial charge in [0.15, 0.2) is 5.82 Å². The molecule has 0 aliphatic rings. The van der Waals surface area contributed by atoms with Crippen molar-refractivity contribution in [2.24, 2.45) is 5.10 Å². The van der Waals surface area contributed by atoms with Gasteiger partial charge in [0.2, 0.25) is 0 Å². The van der Waals surface area contributed by atoms with Crippen LogP contribution in [0.25, 0.3) is 22.3 Å². The van der Waals surface area contributed by atoms with E-state index in [4.69, 9.17) is 4.74 Å². The molecule has 2 aromatic heterocycles. The van der Waals surface area contributed by atoms with E-state index in [-0.39, 0.29) is 5.56 Å². The second-order valence-electron chi connectivity index (χ2n) is 5.83. The number of ether oxygens (including phenoxy) is 1. The number of rotatable bonds is 4. The Morgan fingerprint density at radius 2 is 1.85 bits per heavy atom. The minimum absolute atomic E-state index is 0.230. The maximum absolute atomic E-state index is 13.0. The van der Waals surface area contributed by atoms with E-state index in [9.17, 15) is 4.79 Å². The van der Waals surface area contributed by atoms with Crippen molar-refractivity contribution >= 4 is 17.1 Å². The summed E-state index contributed by atoms with van der Waals surface area (Å²) in [5, 5.41) is 4.90. The third-order valence-corrected chi connectivity index (χ3v) is 4.11. The summed E-state index contributed by atoms with van der Waals surface area (Å²) in [4.78, 5) is 21.8. The summed E-state index contributed by atoms with van der Waals surface area (Å²) in [7, 11) is 1.61. The molecule has 6 heteroatoms. The summed E-state index contributed by atoms with van der Waals surface area (Å²) in [5.41, 5.74) is 1.95. The molecule has 132 valence electrons. The van der Waals surface area contributed by atoms with E-state index in [1.165, 1.54) is 4.68 Å². The van der Waals surface area contributed by atoms with E-state index in [1.54, 1.807) is 31.8 Å². The Bertz CT molecular complexity index is 1170. The van der Waals surface area contributed by atoms with Crippen LogP contribution in [0.1, 0.15) is 5.56 Å². The first kappa shape index (κ1) is 16.7. The topological polar surface area (TPSA) is 69.4 Å². The first-order valence-electron chi connectivity index (χ1n) is 8.37. The molecule has 2 heterocycles. The third-order valence-electron chi connectivity index (χ3n) is 4.11. The van der Waals surface area contributed by atoms with Gasteiger partial charge in [0.05, 0.1) is 24.2 Å². The summed E-state index contributed by atoms with van der Waals surface area (Å²) >= 11 is 0. The van der Waals surface area contributed by atoms with Crippen LogP contribution in [-0.2, 0) is 0 Å². The lowest BCUT2D eigenvalue weighted by molar-refractivity contribution is 0.415. The number of pyridine rings is 1. The fourth-order valence-electron chi connectivity index (χ4n) is 2.73. The molecule has 0 saturated heterocycles. The molecule has 0 unspecified atom stereocenters. The van der Waals surface area contributed by atoms with Gasteiger partial charge >= 0.3 is 0 Å². The number of hydrogen-bond acceptors (Lipinski definition) is 5. The van der Waals surface area contributed by atoms with Crippen molar-refractivity contribution in [3.8, 4) is 17.1 Å². The van der Waals surface area contributed by atoms with Gasteiger partial charge in [-0.15, -0.1) is 0 Å².